The highest BCUT2D eigenvalue weighted by Crippen LogP contribution is 2.43. The van der Waals surface area contributed by atoms with Crippen LogP contribution < -0.4 is 5.32 Å². The van der Waals surface area contributed by atoms with E-state index in [0.29, 0.717) is 17.4 Å². The van der Waals surface area contributed by atoms with Gasteiger partial charge < -0.3 is 19.8 Å². The van der Waals surface area contributed by atoms with E-state index in [1.54, 1.807) is 6.08 Å². The van der Waals surface area contributed by atoms with Crippen molar-refractivity contribution in [1.82, 2.24) is 5.32 Å². The highest BCUT2D eigenvalue weighted by molar-refractivity contribution is 7.47. The maximum atomic E-state index is 13.0. The van der Waals surface area contributed by atoms with E-state index in [1.165, 1.54) is 270 Å². The second-order valence-electron chi connectivity index (χ2n) is 24.5. The van der Waals surface area contributed by atoms with Crippen LogP contribution in [0.2, 0.25) is 0 Å². The molecule has 0 aliphatic rings. The lowest BCUT2D eigenvalue weighted by molar-refractivity contribution is -0.870. The molecule has 78 heavy (non-hydrogen) atoms. The van der Waals surface area contributed by atoms with Crippen molar-refractivity contribution in [2.45, 2.75) is 347 Å². The van der Waals surface area contributed by atoms with Gasteiger partial charge in [0.15, 0.2) is 0 Å². The number of quaternary nitrogens is 1. The SMILES string of the molecule is CCCCCCC/C=C\C/C=C\CCCCCCCCCCCCCCCCCCCCCCCCCC(=O)NC(COP(=O)(O)OCC[N+](C)(C)C)C(O)/C=C/CC/C=C/CCCCCCCCCCCCCCCCC. The summed E-state index contributed by atoms with van der Waals surface area (Å²) < 4.78 is 23.8. The van der Waals surface area contributed by atoms with Gasteiger partial charge in [-0.25, -0.2) is 4.57 Å². The Kier molecular flexibility index (Phi) is 58.9. The molecule has 0 radical (unpaired) electrons. The Morgan fingerprint density at radius 1 is 0.436 bits per heavy atom. The van der Waals surface area contributed by atoms with Crippen LogP contribution in [0, 0.1) is 0 Å². The highest BCUT2D eigenvalue weighted by Gasteiger charge is 2.28. The summed E-state index contributed by atoms with van der Waals surface area (Å²) in [7, 11) is 1.57. The fourth-order valence-corrected chi connectivity index (χ4v) is 10.9. The summed E-state index contributed by atoms with van der Waals surface area (Å²) in [4.78, 5) is 23.4. The van der Waals surface area contributed by atoms with Crippen molar-refractivity contribution in [1.29, 1.82) is 0 Å². The second-order valence-corrected chi connectivity index (χ2v) is 26.0. The quantitative estimate of drug-likeness (QED) is 0.0243. The molecular weight excluding hydrogens is 984 g/mol. The largest absolute Gasteiger partial charge is 0.472 e. The first-order chi connectivity index (χ1) is 38.0. The van der Waals surface area contributed by atoms with E-state index in [-0.39, 0.29) is 19.1 Å². The third kappa shape index (κ3) is 62.1. The zero-order chi connectivity index (χ0) is 57.0. The molecule has 0 spiro atoms. The topological polar surface area (TPSA) is 105 Å². The predicted octanol–water partition coefficient (Wildman–Crippen LogP) is 21.4. The lowest BCUT2D eigenvalue weighted by atomic mass is 10.0. The van der Waals surface area contributed by atoms with Gasteiger partial charge >= 0.3 is 7.82 Å². The third-order valence-electron chi connectivity index (χ3n) is 15.5. The highest BCUT2D eigenvalue weighted by atomic mass is 31.2. The maximum absolute atomic E-state index is 13.0. The summed E-state index contributed by atoms with van der Waals surface area (Å²) in [5.74, 6) is -0.181. The van der Waals surface area contributed by atoms with Gasteiger partial charge in [0.2, 0.25) is 5.91 Å². The van der Waals surface area contributed by atoms with Crippen LogP contribution in [0.5, 0.6) is 0 Å². The molecule has 0 heterocycles. The van der Waals surface area contributed by atoms with E-state index >= 15 is 0 Å². The van der Waals surface area contributed by atoms with Crippen molar-refractivity contribution in [2.24, 2.45) is 0 Å². The van der Waals surface area contributed by atoms with E-state index in [1.807, 2.05) is 27.2 Å². The minimum Gasteiger partial charge on any atom is -0.387 e. The molecule has 460 valence electrons. The number of rotatable bonds is 63. The van der Waals surface area contributed by atoms with E-state index in [9.17, 15) is 19.4 Å². The number of aliphatic hydroxyl groups excluding tert-OH is 1. The van der Waals surface area contributed by atoms with Gasteiger partial charge in [0, 0.05) is 6.42 Å². The number of allylic oxidation sites excluding steroid dienone is 7. The van der Waals surface area contributed by atoms with Gasteiger partial charge in [-0.3, -0.25) is 13.8 Å². The number of hydrogen-bond acceptors (Lipinski definition) is 5. The van der Waals surface area contributed by atoms with Crippen LogP contribution in [0.1, 0.15) is 335 Å². The minimum atomic E-state index is -4.36. The standard InChI is InChI=1S/C69H133N2O6P/c1-6-8-10-12-14-16-18-20-22-24-26-28-29-30-31-32-33-34-35-36-37-38-39-40-41-43-45-47-49-51-53-55-57-59-61-63-69(73)70-67(66-77-78(74,75)76-65-64-71(3,4)5)68(72)62-60-58-56-54-52-50-48-46-44-42-27-25-23-21-19-17-15-13-11-9-7-2/h18,20,24,26,52,54,60,62,67-68,72H,6-17,19,21-23,25,27-51,53,55-59,61,63-66H2,1-5H3,(H-,70,73,74,75)/p+1/b20-18-,26-24-,54-52+,62-60+. The number of amides is 1. The van der Waals surface area contributed by atoms with Crippen molar-refractivity contribution in [2.75, 3.05) is 40.9 Å². The average molecular weight is 1120 g/mol. The normalized spacial score (nSPS) is 14.0. The van der Waals surface area contributed by atoms with Crippen LogP contribution in [0.4, 0.5) is 0 Å². The Hall–Kier alpha value is -1.54. The molecule has 3 N–H and O–H groups in total. The van der Waals surface area contributed by atoms with E-state index < -0.39 is 20.0 Å². The van der Waals surface area contributed by atoms with Gasteiger partial charge in [0.1, 0.15) is 13.2 Å². The molecule has 0 bridgehead atoms. The van der Waals surface area contributed by atoms with Crippen LogP contribution in [-0.2, 0) is 18.4 Å². The van der Waals surface area contributed by atoms with E-state index in [2.05, 4.69) is 55.6 Å². The molecule has 9 heteroatoms. The predicted molar refractivity (Wildman–Crippen MR) is 341 cm³/mol. The lowest BCUT2D eigenvalue weighted by Crippen LogP contribution is -2.45. The number of aliphatic hydroxyl groups is 1. The molecule has 0 saturated carbocycles. The summed E-state index contributed by atoms with van der Waals surface area (Å²) in [6, 6.07) is -0.863. The first-order valence-corrected chi connectivity index (χ1v) is 35.5. The summed E-state index contributed by atoms with van der Waals surface area (Å²) >= 11 is 0. The number of likely N-dealkylation sites (N-methyl/N-ethyl adjacent to an activating group) is 1. The van der Waals surface area contributed by atoms with Crippen LogP contribution in [0.25, 0.3) is 0 Å². The van der Waals surface area contributed by atoms with Crippen LogP contribution in [-0.4, -0.2) is 73.4 Å². The molecule has 0 aliphatic heterocycles. The molecule has 0 aliphatic carbocycles. The molecule has 8 nitrogen and oxygen atoms in total. The van der Waals surface area contributed by atoms with Crippen LogP contribution in [0.15, 0.2) is 48.6 Å². The summed E-state index contributed by atoms with van der Waals surface area (Å²) in [5, 5.41) is 14.0. The molecule has 0 fully saturated rings. The second kappa shape index (κ2) is 60.1. The first-order valence-electron chi connectivity index (χ1n) is 34.0. The van der Waals surface area contributed by atoms with Crippen molar-refractivity contribution in [3.63, 3.8) is 0 Å². The number of phosphoric acid groups is 1. The Bertz CT molecular complexity index is 1410. The minimum absolute atomic E-state index is 0.0574. The average Bonchev–Trinajstić information content (AvgIpc) is 3.41. The number of hydrogen-bond donors (Lipinski definition) is 3. The van der Waals surface area contributed by atoms with Gasteiger partial charge in [-0.05, 0) is 64.2 Å². The van der Waals surface area contributed by atoms with Gasteiger partial charge in [-0.1, -0.05) is 313 Å². The van der Waals surface area contributed by atoms with Crippen molar-refractivity contribution >= 4 is 13.7 Å². The number of phosphoric ester groups is 1. The van der Waals surface area contributed by atoms with E-state index in [0.717, 1.165) is 44.9 Å². The molecule has 0 aromatic carbocycles. The Balaban J connectivity index is 4.03. The maximum Gasteiger partial charge on any atom is 0.472 e. The van der Waals surface area contributed by atoms with Gasteiger partial charge in [0.05, 0.1) is 39.9 Å². The van der Waals surface area contributed by atoms with Crippen molar-refractivity contribution in [3.05, 3.63) is 48.6 Å². The van der Waals surface area contributed by atoms with Crippen molar-refractivity contribution in [3.8, 4) is 0 Å². The number of carbonyl (C=O) groups is 1. The monoisotopic (exact) mass is 1120 g/mol. The molecule has 3 atom stereocenters. The van der Waals surface area contributed by atoms with Gasteiger partial charge in [0.25, 0.3) is 0 Å². The Morgan fingerprint density at radius 3 is 1.10 bits per heavy atom. The molecule has 0 saturated heterocycles. The molecule has 0 aromatic rings. The molecule has 1 amide bonds. The summed E-state index contributed by atoms with van der Waals surface area (Å²) in [6.45, 7) is 4.83. The van der Waals surface area contributed by atoms with E-state index in [4.69, 9.17) is 9.05 Å². The number of nitrogens with one attached hydrogen (secondary N) is 1. The zero-order valence-corrected chi connectivity index (χ0v) is 53.6. The first kappa shape index (κ1) is 76.5. The van der Waals surface area contributed by atoms with Crippen LogP contribution >= 0.6 is 7.82 Å². The Labute approximate surface area is 486 Å². The summed E-state index contributed by atoms with van der Waals surface area (Å²) in [6.07, 6.45) is 81.2. The fourth-order valence-electron chi connectivity index (χ4n) is 10.2. The number of carbonyl (C=O) groups excluding carboxylic acids is 1. The Morgan fingerprint density at radius 2 is 0.744 bits per heavy atom. The molecule has 3 unspecified atom stereocenters. The summed E-state index contributed by atoms with van der Waals surface area (Å²) in [5.41, 5.74) is 0. The molecule has 0 rings (SSSR count). The zero-order valence-electron chi connectivity index (χ0n) is 52.7. The lowest BCUT2D eigenvalue weighted by Gasteiger charge is -2.25. The molecular formula is C69H134N2O6P+. The van der Waals surface area contributed by atoms with Gasteiger partial charge in [-0.15, -0.1) is 0 Å². The number of nitrogens with zero attached hydrogens (tertiary/aromatic N) is 1. The third-order valence-corrected chi connectivity index (χ3v) is 16.5. The van der Waals surface area contributed by atoms with Gasteiger partial charge in [-0.2, -0.15) is 0 Å². The number of unbranched alkanes of at least 4 members (excludes halogenated alkanes) is 44. The smallest absolute Gasteiger partial charge is 0.387 e. The van der Waals surface area contributed by atoms with Crippen LogP contribution in [0.3, 0.4) is 0 Å². The fraction of sp³-hybridized carbons (Fsp3) is 0.870. The molecule has 0 aromatic heterocycles. The van der Waals surface area contributed by atoms with Crippen molar-refractivity contribution < 1.29 is 32.9 Å².